The van der Waals surface area contributed by atoms with Crippen LogP contribution < -0.4 is 0 Å². The molecule has 1 unspecified atom stereocenters. The Kier molecular flexibility index (Phi) is 3.30. The standard InChI is InChI=1S/C14H16N2/c1-3-11(2)14-10-13(6-9-16-14)12-4-7-15-8-5-12/h4-11H,3H2,1-2H3. The fourth-order valence-electron chi connectivity index (χ4n) is 1.65. The van der Waals surface area contributed by atoms with Gasteiger partial charge in [0.1, 0.15) is 0 Å². The summed E-state index contributed by atoms with van der Waals surface area (Å²) >= 11 is 0. The van der Waals surface area contributed by atoms with E-state index in [-0.39, 0.29) is 0 Å². The molecule has 0 aliphatic carbocycles. The minimum Gasteiger partial charge on any atom is -0.265 e. The monoisotopic (exact) mass is 212 g/mol. The highest BCUT2D eigenvalue weighted by molar-refractivity contribution is 5.62. The van der Waals surface area contributed by atoms with E-state index in [4.69, 9.17) is 0 Å². The summed E-state index contributed by atoms with van der Waals surface area (Å²) in [6.45, 7) is 4.39. The molecule has 2 aromatic heterocycles. The number of hydrogen-bond donors (Lipinski definition) is 0. The van der Waals surface area contributed by atoms with Crippen LogP contribution in [-0.2, 0) is 0 Å². The molecule has 0 aliphatic rings. The first kappa shape index (κ1) is 10.8. The van der Waals surface area contributed by atoms with E-state index in [9.17, 15) is 0 Å². The van der Waals surface area contributed by atoms with Gasteiger partial charge >= 0.3 is 0 Å². The van der Waals surface area contributed by atoms with E-state index < -0.39 is 0 Å². The first-order valence-corrected chi connectivity index (χ1v) is 5.67. The van der Waals surface area contributed by atoms with Gasteiger partial charge in [0.25, 0.3) is 0 Å². The molecular formula is C14H16N2. The second kappa shape index (κ2) is 4.88. The summed E-state index contributed by atoms with van der Waals surface area (Å²) in [5.41, 5.74) is 3.58. The molecule has 2 aromatic rings. The van der Waals surface area contributed by atoms with Gasteiger partial charge in [0.05, 0.1) is 0 Å². The van der Waals surface area contributed by atoms with Crippen molar-refractivity contribution < 1.29 is 0 Å². The number of aromatic nitrogens is 2. The zero-order chi connectivity index (χ0) is 11.4. The molecule has 0 amide bonds. The van der Waals surface area contributed by atoms with Crippen LogP contribution in [0.3, 0.4) is 0 Å². The number of nitrogens with zero attached hydrogens (tertiary/aromatic N) is 2. The van der Waals surface area contributed by atoms with Gasteiger partial charge in [-0.05, 0) is 47.7 Å². The zero-order valence-corrected chi connectivity index (χ0v) is 9.72. The third-order valence-corrected chi connectivity index (χ3v) is 2.91. The van der Waals surface area contributed by atoms with Crippen LogP contribution in [0.15, 0.2) is 42.9 Å². The maximum absolute atomic E-state index is 4.42. The van der Waals surface area contributed by atoms with Crippen LogP contribution in [0.1, 0.15) is 31.9 Å². The Labute approximate surface area is 96.4 Å². The van der Waals surface area contributed by atoms with Crippen LogP contribution in [0.4, 0.5) is 0 Å². The van der Waals surface area contributed by atoms with Crippen LogP contribution in [0.2, 0.25) is 0 Å². The van der Waals surface area contributed by atoms with Crippen LogP contribution in [0.5, 0.6) is 0 Å². The summed E-state index contributed by atoms with van der Waals surface area (Å²) in [4.78, 5) is 8.45. The first-order valence-electron chi connectivity index (χ1n) is 5.67. The van der Waals surface area contributed by atoms with Gasteiger partial charge in [-0.25, -0.2) is 0 Å². The maximum Gasteiger partial charge on any atom is 0.0437 e. The van der Waals surface area contributed by atoms with Crippen molar-refractivity contribution in [2.75, 3.05) is 0 Å². The molecule has 0 spiro atoms. The van der Waals surface area contributed by atoms with Crippen molar-refractivity contribution in [2.24, 2.45) is 0 Å². The molecule has 2 heteroatoms. The summed E-state index contributed by atoms with van der Waals surface area (Å²) in [6, 6.07) is 8.26. The number of hydrogen-bond acceptors (Lipinski definition) is 2. The molecular weight excluding hydrogens is 196 g/mol. The van der Waals surface area contributed by atoms with Gasteiger partial charge in [-0.3, -0.25) is 9.97 Å². The molecule has 16 heavy (non-hydrogen) atoms. The van der Waals surface area contributed by atoms with Crippen molar-refractivity contribution in [3.8, 4) is 11.1 Å². The van der Waals surface area contributed by atoms with Crippen LogP contribution >= 0.6 is 0 Å². The van der Waals surface area contributed by atoms with Crippen molar-refractivity contribution >= 4 is 0 Å². The number of pyridine rings is 2. The van der Waals surface area contributed by atoms with E-state index >= 15 is 0 Å². The SMILES string of the molecule is CCC(C)c1cc(-c2ccncc2)ccn1. The van der Waals surface area contributed by atoms with E-state index in [1.165, 1.54) is 11.1 Å². The molecule has 0 radical (unpaired) electrons. The minimum atomic E-state index is 0.516. The normalized spacial score (nSPS) is 12.4. The zero-order valence-electron chi connectivity index (χ0n) is 9.72. The molecule has 0 fully saturated rings. The Bertz CT molecular complexity index is 451. The second-order valence-electron chi connectivity index (χ2n) is 4.01. The third kappa shape index (κ3) is 2.27. The summed E-state index contributed by atoms with van der Waals surface area (Å²) < 4.78 is 0. The second-order valence-corrected chi connectivity index (χ2v) is 4.01. The van der Waals surface area contributed by atoms with Gasteiger partial charge in [-0.15, -0.1) is 0 Å². The highest BCUT2D eigenvalue weighted by Gasteiger charge is 2.05. The fourth-order valence-corrected chi connectivity index (χ4v) is 1.65. The summed E-state index contributed by atoms with van der Waals surface area (Å²) in [5.74, 6) is 0.516. The van der Waals surface area contributed by atoms with E-state index in [2.05, 4.69) is 29.9 Å². The van der Waals surface area contributed by atoms with Crippen molar-refractivity contribution in [3.05, 3.63) is 48.5 Å². The van der Waals surface area contributed by atoms with E-state index in [1.54, 1.807) is 0 Å². The Morgan fingerprint density at radius 2 is 1.75 bits per heavy atom. The highest BCUT2D eigenvalue weighted by Crippen LogP contribution is 2.23. The Hall–Kier alpha value is -1.70. The first-order chi connectivity index (χ1) is 7.81. The number of rotatable bonds is 3. The van der Waals surface area contributed by atoms with E-state index in [1.807, 2.05) is 36.8 Å². The third-order valence-electron chi connectivity index (χ3n) is 2.91. The highest BCUT2D eigenvalue weighted by atomic mass is 14.7. The lowest BCUT2D eigenvalue weighted by Crippen LogP contribution is -1.95. The van der Waals surface area contributed by atoms with Crippen molar-refractivity contribution in [1.29, 1.82) is 0 Å². The Morgan fingerprint density at radius 3 is 2.44 bits per heavy atom. The van der Waals surface area contributed by atoms with Crippen molar-refractivity contribution in [1.82, 2.24) is 9.97 Å². The molecule has 0 aliphatic heterocycles. The van der Waals surface area contributed by atoms with Gasteiger partial charge in [0.15, 0.2) is 0 Å². The molecule has 82 valence electrons. The smallest absolute Gasteiger partial charge is 0.0437 e. The molecule has 0 saturated heterocycles. The van der Waals surface area contributed by atoms with Crippen molar-refractivity contribution in [2.45, 2.75) is 26.2 Å². The Balaban J connectivity index is 2.36. The maximum atomic E-state index is 4.42. The lowest BCUT2D eigenvalue weighted by molar-refractivity contribution is 0.708. The lowest BCUT2D eigenvalue weighted by Gasteiger charge is -2.09. The van der Waals surface area contributed by atoms with Crippen molar-refractivity contribution in [3.63, 3.8) is 0 Å². The van der Waals surface area contributed by atoms with Gasteiger partial charge < -0.3 is 0 Å². The minimum absolute atomic E-state index is 0.516. The van der Waals surface area contributed by atoms with Crippen LogP contribution in [-0.4, -0.2) is 9.97 Å². The average Bonchev–Trinajstić information content (AvgIpc) is 2.39. The van der Waals surface area contributed by atoms with E-state index in [0.717, 1.165) is 12.1 Å². The van der Waals surface area contributed by atoms with E-state index in [0.29, 0.717) is 5.92 Å². The quantitative estimate of drug-likeness (QED) is 0.776. The predicted octanol–water partition coefficient (Wildman–Crippen LogP) is 3.66. The molecule has 0 N–H and O–H groups in total. The topological polar surface area (TPSA) is 25.8 Å². The molecule has 2 heterocycles. The predicted molar refractivity (Wildman–Crippen MR) is 66.2 cm³/mol. The van der Waals surface area contributed by atoms with Gasteiger partial charge in [0, 0.05) is 24.3 Å². The Morgan fingerprint density at radius 1 is 1.06 bits per heavy atom. The fraction of sp³-hybridized carbons (Fsp3) is 0.286. The van der Waals surface area contributed by atoms with Gasteiger partial charge in [-0.2, -0.15) is 0 Å². The largest absolute Gasteiger partial charge is 0.265 e. The molecule has 2 rings (SSSR count). The average molecular weight is 212 g/mol. The molecule has 0 saturated carbocycles. The molecule has 0 bridgehead atoms. The summed E-state index contributed by atoms with van der Waals surface area (Å²) in [7, 11) is 0. The van der Waals surface area contributed by atoms with Gasteiger partial charge in [-0.1, -0.05) is 13.8 Å². The summed E-state index contributed by atoms with van der Waals surface area (Å²) in [5, 5.41) is 0. The van der Waals surface area contributed by atoms with Crippen LogP contribution in [0, 0.1) is 0 Å². The van der Waals surface area contributed by atoms with Gasteiger partial charge in [0.2, 0.25) is 0 Å². The molecule has 2 nitrogen and oxygen atoms in total. The molecule has 0 aromatic carbocycles. The molecule has 1 atom stereocenters. The van der Waals surface area contributed by atoms with Crippen LogP contribution in [0.25, 0.3) is 11.1 Å². The summed E-state index contributed by atoms with van der Waals surface area (Å²) in [6.07, 6.45) is 6.64. The lowest BCUT2D eigenvalue weighted by atomic mass is 10.0.